The maximum atomic E-state index is 14.6. The van der Waals surface area contributed by atoms with Crippen molar-refractivity contribution in [1.29, 1.82) is 0 Å². The van der Waals surface area contributed by atoms with Crippen LogP contribution in [-0.4, -0.2) is 46.9 Å². The van der Waals surface area contributed by atoms with Crippen molar-refractivity contribution in [3.63, 3.8) is 0 Å². The molecule has 2 aromatic rings. The largest absolute Gasteiger partial charge is 0.394 e. The van der Waals surface area contributed by atoms with E-state index in [9.17, 15) is 22.8 Å². The smallest absolute Gasteiger partial charge is 0.290 e. The van der Waals surface area contributed by atoms with Crippen molar-refractivity contribution < 1.29 is 22.7 Å². The van der Waals surface area contributed by atoms with Gasteiger partial charge in [-0.25, -0.2) is 17.9 Å². The van der Waals surface area contributed by atoms with Crippen molar-refractivity contribution in [2.24, 2.45) is 12.8 Å². The van der Waals surface area contributed by atoms with Gasteiger partial charge in [-0.3, -0.25) is 9.59 Å². The first-order valence-corrected chi connectivity index (χ1v) is 10.2. The summed E-state index contributed by atoms with van der Waals surface area (Å²) in [4.78, 5) is 26.5. The second-order valence-electron chi connectivity index (χ2n) is 7.53. The molecule has 1 atom stereocenters. The SMILES string of the molecule is C[C@@H](Nc1nn(C)c(=O)c(N)c1/C=C(\N)C(=O)N1CCOCC1)c1cccc(C(F)F)c1F. The Morgan fingerprint density at radius 1 is 1.27 bits per heavy atom. The molecule has 1 aliphatic rings. The molecule has 1 saturated heterocycles. The number of nitrogens with one attached hydrogen (secondary N) is 1. The molecule has 178 valence electrons. The number of aryl methyl sites for hydroxylation is 1. The molecule has 0 bridgehead atoms. The molecule has 0 aliphatic carbocycles. The third-order valence-electron chi connectivity index (χ3n) is 5.28. The Bertz CT molecular complexity index is 1130. The number of rotatable bonds is 6. The summed E-state index contributed by atoms with van der Waals surface area (Å²) >= 11 is 0. The highest BCUT2D eigenvalue weighted by Gasteiger charge is 2.23. The molecule has 0 unspecified atom stereocenters. The highest BCUT2D eigenvalue weighted by molar-refractivity contribution is 5.98. The monoisotopic (exact) mass is 466 g/mol. The van der Waals surface area contributed by atoms with Crippen LogP contribution in [0.5, 0.6) is 0 Å². The first kappa shape index (κ1) is 24.1. The average Bonchev–Trinajstić information content (AvgIpc) is 2.80. The van der Waals surface area contributed by atoms with Gasteiger partial charge in [-0.1, -0.05) is 18.2 Å². The summed E-state index contributed by atoms with van der Waals surface area (Å²) in [5.41, 5.74) is 10.2. The topological polar surface area (TPSA) is 128 Å². The van der Waals surface area contributed by atoms with Gasteiger partial charge in [0.1, 0.15) is 11.5 Å². The third kappa shape index (κ3) is 5.11. The number of hydrogen-bond acceptors (Lipinski definition) is 7. The lowest BCUT2D eigenvalue weighted by Gasteiger charge is -2.27. The molecule has 33 heavy (non-hydrogen) atoms. The number of nitrogen functional groups attached to an aromatic ring is 1. The number of alkyl halides is 2. The molecule has 0 saturated carbocycles. The number of aromatic nitrogens is 2. The van der Waals surface area contributed by atoms with Crippen molar-refractivity contribution in [1.82, 2.24) is 14.7 Å². The summed E-state index contributed by atoms with van der Waals surface area (Å²) in [6.07, 6.45) is -1.75. The van der Waals surface area contributed by atoms with Crippen LogP contribution in [0.2, 0.25) is 0 Å². The van der Waals surface area contributed by atoms with Crippen LogP contribution in [0, 0.1) is 5.82 Å². The van der Waals surface area contributed by atoms with Crippen LogP contribution in [0.1, 0.15) is 36.1 Å². The molecule has 0 spiro atoms. The van der Waals surface area contributed by atoms with Crippen LogP contribution in [0.25, 0.3) is 6.08 Å². The summed E-state index contributed by atoms with van der Waals surface area (Å²) in [7, 11) is 1.36. The van der Waals surface area contributed by atoms with Gasteiger partial charge >= 0.3 is 0 Å². The number of nitrogens with two attached hydrogens (primary N) is 2. The van der Waals surface area contributed by atoms with Crippen LogP contribution < -0.4 is 22.3 Å². The zero-order chi connectivity index (χ0) is 24.3. The molecule has 0 radical (unpaired) electrons. The molecular weight excluding hydrogens is 441 g/mol. The minimum atomic E-state index is -2.98. The summed E-state index contributed by atoms with van der Waals surface area (Å²) in [5.74, 6) is -1.49. The Labute approximate surface area is 187 Å². The summed E-state index contributed by atoms with van der Waals surface area (Å²) in [5, 5.41) is 6.99. The van der Waals surface area contributed by atoms with E-state index in [1.807, 2.05) is 0 Å². The molecule has 1 aromatic carbocycles. The molecule has 3 rings (SSSR count). The number of ether oxygens (including phenoxy) is 1. The molecule has 1 fully saturated rings. The Morgan fingerprint density at radius 2 is 1.91 bits per heavy atom. The normalized spacial score (nSPS) is 15.6. The first-order chi connectivity index (χ1) is 15.6. The summed E-state index contributed by atoms with van der Waals surface area (Å²) in [6.45, 7) is 3.01. The van der Waals surface area contributed by atoms with E-state index in [1.54, 1.807) is 0 Å². The van der Waals surface area contributed by atoms with Gasteiger partial charge in [-0.05, 0) is 13.0 Å². The molecule has 12 heteroatoms. The van der Waals surface area contributed by atoms with E-state index in [0.29, 0.717) is 26.3 Å². The lowest BCUT2D eigenvalue weighted by atomic mass is 10.0. The van der Waals surface area contributed by atoms with Gasteiger partial charge in [0.05, 0.1) is 30.5 Å². The Morgan fingerprint density at radius 3 is 2.55 bits per heavy atom. The van der Waals surface area contributed by atoms with Gasteiger partial charge in [0.15, 0.2) is 5.82 Å². The fourth-order valence-corrected chi connectivity index (χ4v) is 3.44. The fraction of sp³-hybridized carbons (Fsp3) is 0.381. The summed E-state index contributed by atoms with van der Waals surface area (Å²) in [6, 6.07) is 2.85. The van der Waals surface area contributed by atoms with Crippen LogP contribution in [-0.2, 0) is 16.6 Å². The average molecular weight is 466 g/mol. The van der Waals surface area contributed by atoms with Gasteiger partial charge in [-0.2, -0.15) is 5.10 Å². The molecule has 1 aromatic heterocycles. The first-order valence-electron chi connectivity index (χ1n) is 10.2. The number of anilines is 2. The number of halogens is 3. The number of nitrogens with zero attached hydrogens (tertiary/aromatic N) is 3. The highest BCUT2D eigenvalue weighted by atomic mass is 19.3. The van der Waals surface area contributed by atoms with Crippen molar-refractivity contribution in [2.45, 2.75) is 19.4 Å². The molecule has 9 nitrogen and oxygen atoms in total. The van der Waals surface area contributed by atoms with Crippen LogP contribution in [0.3, 0.4) is 0 Å². The number of carbonyl (C=O) groups excluding carboxylic acids is 1. The molecule has 1 aliphatic heterocycles. The van der Waals surface area contributed by atoms with E-state index >= 15 is 0 Å². The fourth-order valence-electron chi connectivity index (χ4n) is 3.44. The summed E-state index contributed by atoms with van der Waals surface area (Å²) < 4.78 is 47.0. The Balaban J connectivity index is 1.99. The van der Waals surface area contributed by atoms with E-state index in [4.69, 9.17) is 16.2 Å². The lowest BCUT2D eigenvalue weighted by Crippen LogP contribution is -2.42. The van der Waals surface area contributed by atoms with Crippen molar-refractivity contribution in [3.8, 4) is 0 Å². The maximum Gasteiger partial charge on any atom is 0.290 e. The van der Waals surface area contributed by atoms with Crippen molar-refractivity contribution in [3.05, 3.63) is 56.8 Å². The minimum Gasteiger partial charge on any atom is -0.394 e. The standard InChI is InChI=1S/C21H25F3N6O3/c1-11(12-4-3-5-13(16(12)22)18(23)24)27-19-14(17(26)21(32)29(2)28-19)10-15(25)20(31)30-6-8-33-9-7-30/h3-5,10-11,18H,6-9,25-26H2,1-2H3,(H,27,28)/b15-10-/t11-/m1/s1. The zero-order valence-corrected chi connectivity index (χ0v) is 18.1. The number of amides is 1. The number of carbonyl (C=O) groups is 1. The maximum absolute atomic E-state index is 14.6. The minimum absolute atomic E-state index is 0.0293. The van der Waals surface area contributed by atoms with E-state index in [2.05, 4.69) is 10.4 Å². The molecule has 5 N–H and O–H groups in total. The number of hydrogen-bond donors (Lipinski definition) is 3. The van der Waals surface area contributed by atoms with Gasteiger partial charge in [0, 0.05) is 31.3 Å². The van der Waals surface area contributed by atoms with Gasteiger partial charge in [0.25, 0.3) is 17.9 Å². The van der Waals surface area contributed by atoms with E-state index in [1.165, 1.54) is 37.1 Å². The van der Waals surface area contributed by atoms with Crippen LogP contribution >= 0.6 is 0 Å². The predicted molar refractivity (Wildman–Crippen MR) is 117 cm³/mol. The van der Waals surface area contributed by atoms with Crippen LogP contribution in [0.15, 0.2) is 28.7 Å². The number of morpholine rings is 1. The van der Waals surface area contributed by atoms with Crippen molar-refractivity contribution >= 4 is 23.5 Å². The Kier molecular flexibility index (Phi) is 7.26. The number of benzene rings is 1. The van der Waals surface area contributed by atoms with Gasteiger partial charge < -0.3 is 26.4 Å². The highest BCUT2D eigenvalue weighted by Crippen LogP contribution is 2.30. The van der Waals surface area contributed by atoms with Crippen LogP contribution in [0.4, 0.5) is 24.7 Å². The Hall–Kier alpha value is -3.54. The van der Waals surface area contributed by atoms with Gasteiger partial charge in [0.2, 0.25) is 0 Å². The predicted octanol–water partition coefficient (Wildman–Crippen LogP) is 1.77. The molecule has 1 amide bonds. The lowest BCUT2D eigenvalue weighted by molar-refractivity contribution is -0.131. The van der Waals surface area contributed by atoms with E-state index in [-0.39, 0.29) is 28.3 Å². The van der Waals surface area contributed by atoms with E-state index < -0.39 is 35.3 Å². The van der Waals surface area contributed by atoms with Crippen molar-refractivity contribution in [2.75, 3.05) is 37.4 Å². The second kappa shape index (κ2) is 9.94. The molecule has 2 heterocycles. The van der Waals surface area contributed by atoms with E-state index in [0.717, 1.165) is 10.7 Å². The zero-order valence-electron chi connectivity index (χ0n) is 18.1. The quantitative estimate of drug-likeness (QED) is 0.554. The third-order valence-corrected chi connectivity index (χ3v) is 5.28. The second-order valence-corrected chi connectivity index (χ2v) is 7.53. The molecular formula is C21H25F3N6O3. The van der Waals surface area contributed by atoms with Gasteiger partial charge in [-0.15, -0.1) is 0 Å².